The van der Waals surface area contributed by atoms with Gasteiger partial charge < -0.3 is 15.4 Å². The molecule has 0 aromatic heterocycles. The van der Waals surface area contributed by atoms with E-state index in [2.05, 4.69) is 10.6 Å². The van der Waals surface area contributed by atoms with Crippen molar-refractivity contribution in [1.82, 2.24) is 0 Å². The third-order valence-electron chi connectivity index (χ3n) is 3.43. The summed E-state index contributed by atoms with van der Waals surface area (Å²) in [5.74, 6) is 0.692. The van der Waals surface area contributed by atoms with Crippen LogP contribution in [-0.4, -0.2) is 13.1 Å². The van der Waals surface area contributed by atoms with Gasteiger partial charge in [-0.3, -0.25) is 0 Å². The van der Waals surface area contributed by atoms with Gasteiger partial charge in [0, 0.05) is 21.5 Å². The first kappa shape index (κ1) is 16.9. The Hall–Kier alpha value is -2.92. The van der Waals surface area contributed by atoms with E-state index in [9.17, 15) is 4.79 Å². The maximum absolute atomic E-state index is 12.3. The summed E-state index contributed by atoms with van der Waals surface area (Å²) >= 11 is 1.61. The first-order valence-electron chi connectivity index (χ1n) is 7.78. The summed E-state index contributed by atoms with van der Waals surface area (Å²) in [4.78, 5) is 14.4. The van der Waals surface area contributed by atoms with E-state index in [1.54, 1.807) is 24.9 Å². The first-order valence-corrected chi connectivity index (χ1v) is 8.60. The van der Waals surface area contributed by atoms with E-state index in [-0.39, 0.29) is 6.03 Å². The number of methoxy groups -OCH3 is 1. The molecule has 5 heteroatoms. The third-order valence-corrected chi connectivity index (χ3v) is 4.52. The number of hydrogen-bond acceptors (Lipinski definition) is 3. The fourth-order valence-corrected chi connectivity index (χ4v) is 3.18. The lowest BCUT2D eigenvalue weighted by molar-refractivity contribution is 0.262. The number of amides is 2. The van der Waals surface area contributed by atoms with E-state index >= 15 is 0 Å². The topological polar surface area (TPSA) is 50.4 Å². The molecule has 3 aromatic carbocycles. The largest absolute Gasteiger partial charge is 0.497 e. The number of para-hydroxylation sites is 1. The number of nitrogens with one attached hydrogen (secondary N) is 2. The molecule has 0 saturated heterocycles. The second-order valence-electron chi connectivity index (χ2n) is 5.22. The smallest absolute Gasteiger partial charge is 0.323 e. The number of hydrogen-bond donors (Lipinski definition) is 2. The van der Waals surface area contributed by atoms with Gasteiger partial charge >= 0.3 is 6.03 Å². The van der Waals surface area contributed by atoms with Gasteiger partial charge in [-0.1, -0.05) is 48.2 Å². The van der Waals surface area contributed by atoms with Crippen LogP contribution in [0.25, 0.3) is 0 Å². The molecule has 3 aromatic rings. The quantitative estimate of drug-likeness (QED) is 0.640. The molecule has 0 bridgehead atoms. The molecule has 4 nitrogen and oxygen atoms in total. The molecule has 0 saturated carbocycles. The molecule has 2 N–H and O–H groups in total. The number of urea groups is 1. The van der Waals surface area contributed by atoms with Crippen LogP contribution in [0, 0.1) is 0 Å². The maximum Gasteiger partial charge on any atom is 0.323 e. The van der Waals surface area contributed by atoms with Crippen LogP contribution in [0.15, 0.2) is 88.7 Å². The fourth-order valence-electron chi connectivity index (χ4n) is 2.26. The monoisotopic (exact) mass is 350 g/mol. The van der Waals surface area contributed by atoms with Crippen LogP contribution in [0.1, 0.15) is 0 Å². The summed E-state index contributed by atoms with van der Waals surface area (Å²) in [5, 5.41) is 5.72. The zero-order chi connectivity index (χ0) is 17.5. The Morgan fingerprint density at radius 3 is 2.44 bits per heavy atom. The summed E-state index contributed by atoms with van der Waals surface area (Å²) in [5.41, 5.74) is 1.43. The van der Waals surface area contributed by atoms with Gasteiger partial charge in [0.15, 0.2) is 0 Å². The highest BCUT2D eigenvalue weighted by Gasteiger charge is 2.08. The summed E-state index contributed by atoms with van der Waals surface area (Å²) in [6.07, 6.45) is 0. The highest BCUT2D eigenvalue weighted by atomic mass is 32.2. The molecule has 126 valence electrons. The third kappa shape index (κ3) is 4.78. The Kier molecular flexibility index (Phi) is 5.59. The maximum atomic E-state index is 12.3. The summed E-state index contributed by atoms with van der Waals surface area (Å²) < 4.78 is 5.17. The molecular formula is C20H18N2O2S. The summed E-state index contributed by atoms with van der Waals surface area (Å²) in [6, 6.07) is 24.7. The van der Waals surface area contributed by atoms with Crippen molar-refractivity contribution < 1.29 is 9.53 Å². The minimum absolute atomic E-state index is 0.297. The van der Waals surface area contributed by atoms with Crippen molar-refractivity contribution in [3.8, 4) is 5.75 Å². The zero-order valence-corrected chi connectivity index (χ0v) is 14.5. The lowest BCUT2D eigenvalue weighted by Crippen LogP contribution is -2.19. The molecule has 0 atom stereocenters. The van der Waals surface area contributed by atoms with Crippen molar-refractivity contribution >= 4 is 29.2 Å². The molecule has 0 aliphatic heterocycles. The lowest BCUT2D eigenvalue weighted by Gasteiger charge is -2.12. The lowest BCUT2D eigenvalue weighted by atomic mass is 10.3. The average molecular weight is 350 g/mol. The zero-order valence-electron chi connectivity index (χ0n) is 13.7. The van der Waals surface area contributed by atoms with E-state index in [0.717, 1.165) is 15.5 Å². The number of carbonyl (C=O) groups excluding carboxylic acids is 1. The van der Waals surface area contributed by atoms with Crippen molar-refractivity contribution in [3.05, 3.63) is 78.9 Å². The Morgan fingerprint density at radius 1 is 0.880 bits per heavy atom. The molecule has 0 aliphatic carbocycles. The molecule has 3 rings (SSSR count). The van der Waals surface area contributed by atoms with Gasteiger partial charge in [0.1, 0.15) is 5.75 Å². The fraction of sp³-hybridized carbons (Fsp3) is 0.0500. The van der Waals surface area contributed by atoms with Crippen LogP contribution in [-0.2, 0) is 0 Å². The molecular weight excluding hydrogens is 332 g/mol. The van der Waals surface area contributed by atoms with E-state index in [0.29, 0.717) is 11.4 Å². The molecule has 0 aliphatic rings. The second kappa shape index (κ2) is 8.26. The molecule has 0 spiro atoms. The van der Waals surface area contributed by atoms with Crippen molar-refractivity contribution in [3.63, 3.8) is 0 Å². The SMILES string of the molecule is COc1cccc(NC(=O)Nc2ccccc2Sc2ccccc2)c1. The minimum atomic E-state index is -0.297. The van der Waals surface area contributed by atoms with Gasteiger partial charge in [0.05, 0.1) is 12.8 Å². The predicted octanol–water partition coefficient (Wildman–Crippen LogP) is 5.49. The number of carbonyl (C=O) groups is 1. The van der Waals surface area contributed by atoms with Crippen molar-refractivity contribution in [1.29, 1.82) is 0 Å². The Bertz CT molecular complexity index is 853. The average Bonchev–Trinajstić information content (AvgIpc) is 2.64. The van der Waals surface area contributed by atoms with Gasteiger partial charge in [-0.25, -0.2) is 4.79 Å². The van der Waals surface area contributed by atoms with Crippen LogP contribution in [0.5, 0.6) is 5.75 Å². The second-order valence-corrected chi connectivity index (χ2v) is 6.34. The van der Waals surface area contributed by atoms with Gasteiger partial charge in [0.25, 0.3) is 0 Å². The highest BCUT2D eigenvalue weighted by molar-refractivity contribution is 7.99. The van der Waals surface area contributed by atoms with E-state index in [4.69, 9.17) is 4.74 Å². The number of ether oxygens (including phenoxy) is 1. The number of benzene rings is 3. The van der Waals surface area contributed by atoms with Crippen LogP contribution in [0.4, 0.5) is 16.2 Å². The first-order chi connectivity index (χ1) is 12.2. The number of rotatable bonds is 5. The van der Waals surface area contributed by atoms with Crippen molar-refractivity contribution in [2.75, 3.05) is 17.7 Å². The van der Waals surface area contributed by atoms with Gasteiger partial charge in [-0.05, 0) is 36.4 Å². The molecule has 25 heavy (non-hydrogen) atoms. The molecule has 2 amide bonds. The standard InChI is InChI=1S/C20H18N2O2S/c1-24-16-9-7-8-15(14-16)21-20(23)22-18-12-5-6-13-19(18)25-17-10-3-2-4-11-17/h2-14H,1H3,(H2,21,22,23). The van der Waals surface area contributed by atoms with Crippen LogP contribution >= 0.6 is 11.8 Å². The van der Waals surface area contributed by atoms with E-state index in [1.165, 1.54) is 0 Å². The van der Waals surface area contributed by atoms with Crippen molar-refractivity contribution in [2.45, 2.75) is 9.79 Å². The minimum Gasteiger partial charge on any atom is -0.497 e. The van der Waals surface area contributed by atoms with Crippen LogP contribution < -0.4 is 15.4 Å². The number of anilines is 2. The Balaban J connectivity index is 1.71. The predicted molar refractivity (Wildman–Crippen MR) is 103 cm³/mol. The molecule has 0 radical (unpaired) electrons. The summed E-state index contributed by atoms with van der Waals surface area (Å²) in [7, 11) is 1.59. The molecule has 0 unspecified atom stereocenters. The van der Waals surface area contributed by atoms with E-state index in [1.807, 2.05) is 72.8 Å². The van der Waals surface area contributed by atoms with Crippen LogP contribution in [0.3, 0.4) is 0 Å². The molecule has 0 heterocycles. The summed E-state index contributed by atoms with van der Waals surface area (Å²) in [6.45, 7) is 0. The van der Waals surface area contributed by atoms with Crippen molar-refractivity contribution in [2.24, 2.45) is 0 Å². The van der Waals surface area contributed by atoms with Gasteiger partial charge in [-0.15, -0.1) is 0 Å². The highest BCUT2D eigenvalue weighted by Crippen LogP contribution is 2.33. The Morgan fingerprint density at radius 2 is 1.64 bits per heavy atom. The molecule has 0 fully saturated rings. The normalized spacial score (nSPS) is 10.1. The Labute approximate surface area is 151 Å². The van der Waals surface area contributed by atoms with E-state index < -0.39 is 0 Å². The van der Waals surface area contributed by atoms with Crippen LogP contribution in [0.2, 0.25) is 0 Å². The van der Waals surface area contributed by atoms with Gasteiger partial charge in [-0.2, -0.15) is 0 Å². The van der Waals surface area contributed by atoms with Gasteiger partial charge in [0.2, 0.25) is 0 Å².